The van der Waals surface area contributed by atoms with Crippen LogP contribution >= 0.6 is 0 Å². The number of hydrogen-bond donors (Lipinski definition) is 4. The topological polar surface area (TPSA) is 179 Å². The van der Waals surface area contributed by atoms with Crippen LogP contribution in [0.3, 0.4) is 0 Å². The molecule has 4 N–H and O–H groups in total. The molecule has 0 unspecified atom stereocenters. The van der Waals surface area contributed by atoms with E-state index in [-0.39, 0.29) is 35.7 Å². The van der Waals surface area contributed by atoms with E-state index >= 15 is 0 Å². The monoisotopic (exact) mass is 933 g/mol. The Kier molecular flexibility index (Phi) is 15.2. The summed E-state index contributed by atoms with van der Waals surface area (Å²) in [5.74, 6) is -1.49. The Morgan fingerprint density at radius 2 is 0.940 bits per heavy atom. The number of halogens is 3. The van der Waals surface area contributed by atoms with Crippen molar-refractivity contribution in [3.63, 3.8) is 0 Å². The number of carbonyl (C=O) groups excluding carboxylic acids is 6. The SMILES string of the molecule is COC(=O)N[C@H](C(=O)N1CCC[C@H]1C(=O)Nc1ccc([C@H]2CC[C@H](c3ccc(NC(=O)[C@@H]4CCCN4C(=O)[C@H](NC(=O)OC)C(C)(C)C)cc3)N2c2ccc(C(F)(F)F)cc2)cc1)C(C)(C)C. The maximum absolute atomic E-state index is 13.7. The number of anilines is 3. The highest BCUT2D eigenvalue weighted by Crippen LogP contribution is 2.48. The van der Waals surface area contributed by atoms with Gasteiger partial charge in [-0.15, -0.1) is 0 Å². The largest absolute Gasteiger partial charge is 0.453 e. The van der Waals surface area contributed by atoms with Gasteiger partial charge in [0, 0.05) is 30.2 Å². The van der Waals surface area contributed by atoms with E-state index in [1.807, 2.05) is 65.8 Å². The third-order valence-corrected chi connectivity index (χ3v) is 12.8. The lowest BCUT2D eigenvalue weighted by Crippen LogP contribution is -2.57. The zero-order valence-corrected chi connectivity index (χ0v) is 39.3. The first-order valence-corrected chi connectivity index (χ1v) is 22.6. The van der Waals surface area contributed by atoms with Crippen molar-refractivity contribution in [2.75, 3.05) is 42.8 Å². The highest BCUT2D eigenvalue weighted by Gasteiger charge is 2.44. The molecule has 362 valence electrons. The molecule has 0 spiro atoms. The van der Waals surface area contributed by atoms with Crippen LogP contribution in [0, 0.1) is 10.8 Å². The van der Waals surface area contributed by atoms with Gasteiger partial charge in [0.05, 0.1) is 31.9 Å². The van der Waals surface area contributed by atoms with Crippen molar-refractivity contribution in [2.45, 2.75) is 122 Å². The number of nitrogens with zero attached hydrogens (tertiary/aromatic N) is 3. The number of ether oxygens (including phenoxy) is 2. The molecule has 3 aliphatic heterocycles. The fourth-order valence-electron chi connectivity index (χ4n) is 9.27. The second-order valence-electron chi connectivity index (χ2n) is 19.5. The molecule has 6 rings (SSSR count). The normalized spacial score (nSPS) is 20.7. The van der Waals surface area contributed by atoms with Gasteiger partial charge in [0.1, 0.15) is 24.2 Å². The first kappa shape index (κ1) is 50.1. The number of nitrogens with one attached hydrogen (secondary N) is 4. The lowest BCUT2D eigenvalue weighted by atomic mass is 9.85. The van der Waals surface area contributed by atoms with Crippen molar-refractivity contribution in [1.29, 1.82) is 0 Å². The van der Waals surface area contributed by atoms with Crippen LogP contribution in [0.15, 0.2) is 72.8 Å². The summed E-state index contributed by atoms with van der Waals surface area (Å²) in [6, 6.07) is 15.7. The van der Waals surface area contributed by atoms with E-state index in [1.165, 1.54) is 36.2 Å². The summed E-state index contributed by atoms with van der Waals surface area (Å²) in [5, 5.41) is 11.1. The van der Waals surface area contributed by atoms with E-state index in [0.29, 0.717) is 68.7 Å². The summed E-state index contributed by atoms with van der Waals surface area (Å²) in [6.45, 7) is 11.6. The molecule has 6 amide bonds. The summed E-state index contributed by atoms with van der Waals surface area (Å²) < 4.78 is 50.6. The second kappa shape index (κ2) is 20.3. The fourth-order valence-corrected chi connectivity index (χ4v) is 9.27. The van der Waals surface area contributed by atoms with Crippen LogP contribution in [0.25, 0.3) is 0 Å². The molecular weight excluding hydrogens is 872 g/mol. The number of alkyl carbamates (subject to hydrolysis) is 2. The Morgan fingerprint density at radius 3 is 1.27 bits per heavy atom. The maximum atomic E-state index is 13.7. The number of hydrogen-bond acceptors (Lipinski definition) is 9. The van der Waals surface area contributed by atoms with Gasteiger partial charge in [-0.25, -0.2) is 9.59 Å². The number of likely N-dealkylation sites (tertiary alicyclic amines) is 2. The standard InChI is InChI=1S/C49H62F3N7O8/c1-47(2,3)39(55-45(64)66-7)43(62)57-27-9-11-37(57)41(60)53-32-19-13-29(14-20-32)35-25-26-36(59(35)34-23-17-31(18-24-34)49(50,51)52)30-15-21-33(22-16-30)54-42(61)38-12-10-28-58(38)44(63)40(48(4,5)6)56-46(65)67-8/h13-24,35-40H,9-12,25-28H2,1-8H3,(H,53,60)(H,54,61)(H,55,64)(H,56,65)/t35-,36-,37+,38+,39-,40+/m1/s1. The van der Waals surface area contributed by atoms with E-state index in [1.54, 1.807) is 24.3 Å². The van der Waals surface area contributed by atoms with E-state index in [9.17, 15) is 41.9 Å². The Morgan fingerprint density at radius 1 is 0.567 bits per heavy atom. The van der Waals surface area contributed by atoms with Gasteiger partial charge < -0.3 is 45.4 Å². The summed E-state index contributed by atoms with van der Waals surface area (Å²) in [5.41, 5.74) is 1.23. The van der Waals surface area contributed by atoms with E-state index in [0.717, 1.165) is 23.3 Å². The minimum atomic E-state index is -4.52. The summed E-state index contributed by atoms with van der Waals surface area (Å²) in [7, 11) is 2.43. The van der Waals surface area contributed by atoms with Gasteiger partial charge in [-0.05, 0) is 109 Å². The van der Waals surface area contributed by atoms with Crippen molar-refractivity contribution in [2.24, 2.45) is 10.8 Å². The zero-order chi connectivity index (χ0) is 49.0. The molecule has 3 fully saturated rings. The molecule has 0 aliphatic carbocycles. The summed E-state index contributed by atoms with van der Waals surface area (Å²) in [6.07, 6.45) is -2.61. The van der Waals surface area contributed by atoms with E-state index in [2.05, 4.69) is 26.2 Å². The van der Waals surface area contributed by atoms with Crippen LogP contribution in [-0.4, -0.2) is 97.1 Å². The minimum absolute atomic E-state index is 0.262. The molecule has 3 heterocycles. The first-order valence-electron chi connectivity index (χ1n) is 22.6. The van der Waals surface area contributed by atoms with Crippen LogP contribution in [-0.2, 0) is 34.8 Å². The molecule has 67 heavy (non-hydrogen) atoms. The molecule has 15 nitrogen and oxygen atoms in total. The minimum Gasteiger partial charge on any atom is -0.453 e. The molecule has 3 aliphatic rings. The predicted molar refractivity (Wildman–Crippen MR) is 246 cm³/mol. The summed E-state index contributed by atoms with van der Waals surface area (Å²) >= 11 is 0. The fraction of sp³-hybridized carbons (Fsp3) is 0.510. The van der Waals surface area contributed by atoms with Crippen LogP contribution < -0.4 is 26.2 Å². The third kappa shape index (κ3) is 11.6. The van der Waals surface area contributed by atoms with Gasteiger partial charge in [-0.1, -0.05) is 65.8 Å². The number of benzene rings is 3. The smallest absolute Gasteiger partial charge is 0.416 e. The van der Waals surface area contributed by atoms with Crippen LogP contribution in [0.4, 0.5) is 39.8 Å². The molecule has 18 heteroatoms. The second-order valence-corrected chi connectivity index (χ2v) is 19.5. The molecule has 0 radical (unpaired) electrons. The Bertz CT molecular complexity index is 2150. The molecule has 6 atom stereocenters. The number of amides is 6. The Labute approximate surface area is 389 Å². The quantitative estimate of drug-likeness (QED) is 0.148. The van der Waals surface area contributed by atoms with Gasteiger partial charge in [0.15, 0.2) is 0 Å². The molecular formula is C49H62F3N7O8. The number of rotatable bonds is 11. The average molecular weight is 934 g/mol. The molecule has 0 aromatic heterocycles. The molecule has 3 aromatic carbocycles. The van der Waals surface area contributed by atoms with E-state index in [4.69, 9.17) is 9.47 Å². The van der Waals surface area contributed by atoms with Gasteiger partial charge in [-0.3, -0.25) is 19.2 Å². The number of carbonyl (C=O) groups is 6. The molecule has 3 saturated heterocycles. The Balaban J connectivity index is 1.18. The van der Waals surface area contributed by atoms with Crippen LogP contribution in [0.1, 0.15) is 109 Å². The first-order chi connectivity index (χ1) is 31.5. The van der Waals surface area contributed by atoms with Gasteiger partial charge in [0.25, 0.3) is 0 Å². The van der Waals surface area contributed by atoms with Crippen molar-refractivity contribution in [1.82, 2.24) is 20.4 Å². The molecule has 3 aromatic rings. The average Bonchev–Trinajstić information content (AvgIpc) is 4.07. The molecule has 0 saturated carbocycles. The van der Waals surface area contributed by atoms with Crippen molar-refractivity contribution < 1.29 is 51.4 Å². The van der Waals surface area contributed by atoms with Crippen molar-refractivity contribution in [3.8, 4) is 0 Å². The van der Waals surface area contributed by atoms with Crippen LogP contribution in [0.2, 0.25) is 0 Å². The van der Waals surface area contributed by atoms with E-state index < -0.39 is 58.9 Å². The highest BCUT2D eigenvalue weighted by atomic mass is 19.4. The third-order valence-electron chi connectivity index (χ3n) is 12.8. The van der Waals surface area contributed by atoms with Gasteiger partial charge in [-0.2, -0.15) is 13.2 Å². The lowest BCUT2D eigenvalue weighted by Gasteiger charge is -2.35. The number of methoxy groups -OCH3 is 2. The van der Waals surface area contributed by atoms with Crippen molar-refractivity contribution in [3.05, 3.63) is 89.5 Å². The predicted octanol–water partition coefficient (Wildman–Crippen LogP) is 8.19. The zero-order valence-electron chi connectivity index (χ0n) is 39.3. The van der Waals surface area contributed by atoms with Crippen molar-refractivity contribution >= 4 is 52.9 Å². The maximum Gasteiger partial charge on any atom is 0.416 e. The highest BCUT2D eigenvalue weighted by molar-refractivity contribution is 6.00. The van der Waals surface area contributed by atoms with Gasteiger partial charge >= 0.3 is 18.4 Å². The lowest BCUT2D eigenvalue weighted by molar-refractivity contribution is -0.140. The van der Waals surface area contributed by atoms with Crippen LogP contribution in [0.5, 0.6) is 0 Å². The molecule has 0 bridgehead atoms. The Hall–Kier alpha value is -6.33. The van der Waals surface area contributed by atoms with Gasteiger partial charge in [0.2, 0.25) is 23.6 Å². The number of alkyl halides is 3. The summed E-state index contributed by atoms with van der Waals surface area (Å²) in [4.78, 5) is 84.2.